The van der Waals surface area contributed by atoms with E-state index in [0.29, 0.717) is 6.61 Å². The Balaban J connectivity index is 1.55. The number of ether oxygens (including phenoxy) is 1. The average molecular weight is 469 g/mol. The first kappa shape index (κ1) is 18.0. The Morgan fingerprint density at radius 3 is 2.48 bits per heavy atom. The first-order chi connectivity index (χ1) is 13.0. The van der Waals surface area contributed by atoms with Crippen LogP contribution in [0.2, 0.25) is 0 Å². The Kier molecular flexibility index (Phi) is 4.86. The van der Waals surface area contributed by atoms with E-state index in [4.69, 9.17) is 9.72 Å². The van der Waals surface area contributed by atoms with Crippen LogP contribution in [0, 0.1) is 17.4 Å². The molecule has 4 rings (SSSR count). The summed E-state index contributed by atoms with van der Waals surface area (Å²) in [5, 5.41) is 5.67. The van der Waals surface area contributed by atoms with E-state index in [1.807, 2.05) is 42.1 Å². The van der Waals surface area contributed by atoms with Gasteiger partial charge in [-0.05, 0) is 78.4 Å². The van der Waals surface area contributed by atoms with Gasteiger partial charge in [-0.2, -0.15) is 5.10 Å². The van der Waals surface area contributed by atoms with Crippen LogP contribution in [0.15, 0.2) is 54.6 Å². The van der Waals surface area contributed by atoms with Gasteiger partial charge in [-0.15, -0.1) is 0 Å². The van der Waals surface area contributed by atoms with E-state index in [0.717, 1.165) is 37.5 Å². The molecule has 136 valence electrons. The molecule has 27 heavy (non-hydrogen) atoms. The van der Waals surface area contributed by atoms with Crippen molar-refractivity contribution >= 4 is 33.5 Å². The Labute approximate surface area is 172 Å². The van der Waals surface area contributed by atoms with Crippen molar-refractivity contribution in [3.63, 3.8) is 0 Å². The summed E-state index contributed by atoms with van der Waals surface area (Å²) in [5.74, 6) is 0.830. The van der Waals surface area contributed by atoms with E-state index in [1.165, 1.54) is 10.9 Å². The van der Waals surface area contributed by atoms with Gasteiger partial charge in [-0.1, -0.05) is 18.2 Å². The predicted octanol–water partition coefficient (Wildman–Crippen LogP) is 5.44. The van der Waals surface area contributed by atoms with Crippen molar-refractivity contribution in [1.82, 2.24) is 14.8 Å². The molecule has 0 aliphatic carbocycles. The van der Waals surface area contributed by atoms with Crippen LogP contribution in [0.25, 0.3) is 22.2 Å². The fourth-order valence-corrected chi connectivity index (χ4v) is 3.73. The molecule has 2 aromatic carbocycles. The number of nitrogens with zero attached hydrogens (tertiary/aromatic N) is 3. The lowest BCUT2D eigenvalue weighted by molar-refractivity contribution is 0.299. The minimum absolute atomic E-state index is 0.465. The van der Waals surface area contributed by atoms with Gasteiger partial charge >= 0.3 is 0 Å². The van der Waals surface area contributed by atoms with Gasteiger partial charge in [0.2, 0.25) is 0 Å². The van der Waals surface area contributed by atoms with Gasteiger partial charge in [0.15, 0.2) is 0 Å². The second kappa shape index (κ2) is 7.31. The highest BCUT2D eigenvalue weighted by Crippen LogP contribution is 2.27. The fourth-order valence-electron chi connectivity index (χ4n) is 3.12. The largest absolute Gasteiger partial charge is 0.487 e. The normalized spacial score (nSPS) is 11.1. The topological polar surface area (TPSA) is 39.9 Å². The van der Waals surface area contributed by atoms with Crippen molar-refractivity contribution in [2.45, 2.75) is 20.5 Å². The lowest BCUT2D eigenvalue weighted by Gasteiger charge is -2.09. The lowest BCUT2D eigenvalue weighted by Crippen LogP contribution is -1.99. The summed E-state index contributed by atoms with van der Waals surface area (Å²) in [7, 11) is 1.95. The van der Waals surface area contributed by atoms with Crippen LogP contribution < -0.4 is 4.74 Å². The van der Waals surface area contributed by atoms with Gasteiger partial charge in [0.25, 0.3) is 0 Å². The minimum Gasteiger partial charge on any atom is -0.487 e. The zero-order valence-corrected chi connectivity index (χ0v) is 17.7. The summed E-state index contributed by atoms with van der Waals surface area (Å²) in [6.45, 7) is 4.63. The maximum atomic E-state index is 5.93. The number of pyridine rings is 1. The molecule has 0 spiro atoms. The smallest absolute Gasteiger partial charge is 0.133 e. The van der Waals surface area contributed by atoms with Crippen molar-refractivity contribution in [2.24, 2.45) is 7.05 Å². The molecular formula is C22H20IN3O. The number of benzene rings is 2. The van der Waals surface area contributed by atoms with Gasteiger partial charge < -0.3 is 4.74 Å². The molecule has 0 amide bonds. The van der Waals surface area contributed by atoms with Gasteiger partial charge in [-0.3, -0.25) is 4.68 Å². The number of hydrogen-bond donors (Lipinski definition) is 0. The van der Waals surface area contributed by atoms with Crippen molar-refractivity contribution in [3.05, 3.63) is 75.1 Å². The highest BCUT2D eigenvalue weighted by Gasteiger charge is 2.11. The quantitative estimate of drug-likeness (QED) is 0.374. The number of hydrogen-bond acceptors (Lipinski definition) is 3. The second-order valence-electron chi connectivity index (χ2n) is 6.63. The highest BCUT2D eigenvalue weighted by atomic mass is 127. The summed E-state index contributed by atoms with van der Waals surface area (Å²) >= 11 is 2.32. The number of aryl methyl sites for hydroxylation is 2. The van der Waals surface area contributed by atoms with Gasteiger partial charge in [0, 0.05) is 23.7 Å². The fraction of sp³-hybridized carbons (Fsp3) is 0.182. The van der Waals surface area contributed by atoms with E-state index < -0.39 is 0 Å². The maximum absolute atomic E-state index is 5.93. The molecule has 0 aliphatic rings. The molecule has 0 saturated heterocycles. The number of aromatic nitrogens is 3. The Bertz CT molecular complexity index is 1120. The first-order valence-electron chi connectivity index (χ1n) is 8.80. The summed E-state index contributed by atoms with van der Waals surface area (Å²) in [5.41, 5.74) is 6.40. The number of para-hydroxylation sites is 1. The molecule has 0 aliphatic heterocycles. The third-order valence-corrected chi connectivity index (χ3v) is 6.15. The Hall–Kier alpha value is -2.41. The van der Waals surface area contributed by atoms with E-state index in [1.54, 1.807) is 0 Å². The molecule has 0 fully saturated rings. The van der Waals surface area contributed by atoms with Crippen molar-refractivity contribution in [2.75, 3.05) is 0 Å². The van der Waals surface area contributed by atoms with E-state index in [-0.39, 0.29) is 0 Å². The van der Waals surface area contributed by atoms with Crippen LogP contribution in [-0.2, 0) is 13.7 Å². The summed E-state index contributed by atoms with van der Waals surface area (Å²) < 4.78 is 8.97. The maximum Gasteiger partial charge on any atom is 0.133 e. The van der Waals surface area contributed by atoms with Gasteiger partial charge in [-0.25, -0.2) is 4.98 Å². The predicted molar refractivity (Wildman–Crippen MR) is 117 cm³/mol. The van der Waals surface area contributed by atoms with Crippen LogP contribution in [0.4, 0.5) is 0 Å². The third-order valence-electron chi connectivity index (χ3n) is 4.74. The lowest BCUT2D eigenvalue weighted by atomic mass is 10.0. The minimum atomic E-state index is 0.465. The zero-order valence-electron chi connectivity index (χ0n) is 15.5. The van der Waals surface area contributed by atoms with E-state index >= 15 is 0 Å². The third kappa shape index (κ3) is 3.56. The first-order valence-corrected chi connectivity index (χ1v) is 9.88. The van der Waals surface area contributed by atoms with Crippen molar-refractivity contribution in [3.8, 4) is 17.0 Å². The molecule has 4 nitrogen and oxygen atoms in total. The number of rotatable bonds is 4. The average Bonchev–Trinajstić information content (AvgIpc) is 2.93. The summed E-state index contributed by atoms with van der Waals surface area (Å²) in [6, 6.07) is 18.5. The molecule has 0 saturated carbocycles. The van der Waals surface area contributed by atoms with Crippen molar-refractivity contribution < 1.29 is 4.74 Å². The molecule has 2 heterocycles. The Morgan fingerprint density at radius 2 is 1.78 bits per heavy atom. The molecule has 5 heteroatoms. The van der Waals surface area contributed by atoms with Crippen molar-refractivity contribution in [1.29, 1.82) is 0 Å². The molecule has 0 radical (unpaired) electrons. The SMILES string of the molecule is Cc1cc2ccccc2nc1-c1ccc(OCc2nn(C)c(C)c2I)cc1. The molecular weight excluding hydrogens is 449 g/mol. The number of halogens is 1. The summed E-state index contributed by atoms with van der Waals surface area (Å²) in [6.07, 6.45) is 0. The van der Waals surface area contributed by atoms with Gasteiger partial charge in [0.05, 0.1) is 14.8 Å². The molecule has 0 bridgehead atoms. The summed E-state index contributed by atoms with van der Waals surface area (Å²) in [4.78, 5) is 4.84. The molecule has 2 aromatic heterocycles. The monoisotopic (exact) mass is 469 g/mol. The second-order valence-corrected chi connectivity index (χ2v) is 7.71. The molecule has 0 unspecified atom stereocenters. The van der Waals surface area contributed by atoms with Crippen LogP contribution in [0.3, 0.4) is 0 Å². The number of fused-ring (bicyclic) bond motifs is 1. The molecule has 4 aromatic rings. The Morgan fingerprint density at radius 1 is 1.04 bits per heavy atom. The van der Waals surface area contributed by atoms with Gasteiger partial charge in [0.1, 0.15) is 18.1 Å². The van der Waals surface area contributed by atoms with Crippen LogP contribution in [0.1, 0.15) is 17.0 Å². The van der Waals surface area contributed by atoms with E-state index in [2.05, 4.69) is 65.8 Å². The highest BCUT2D eigenvalue weighted by molar-refractivity contribution is 14.1. The standard InChI is InChI=1S/C22H20IN3O/c1-14-12-17-6-4-5-7-19(17)24-22(14)16-8-10-18(11-9-16)27-13-20-21(23)15(2)26(3)25-20/h4-12H,13H2,1-3H3. The molecule has 0 N–H and O–H groups in total. The van der Waals surface area contributed by atoms with Crippen LogP contribution in [-0.4, -0.2) is 14.8 Å². The molecule has 0 atom stereocenters. The zero-order chi connectivity index (χ0) is 19.0. The van der Waals surface area contributed by atoms with E-state index in [9.17, 15) is 0 Å². The van der Waals surface area contributed by atoms with Crippen LogP contribution in [0.5, 0.6) is 5.75 Å². The van der Waals surface area contributed by atoms with Crippen LogP contribution >= 0.6 is 22.6 Å².